The quantitative estimate of drug-likeness (QED) is 0.709. The summed E-state index contributed by atoms with van der Waals surface area (Å²) < 4.78 is 12.7. The standard InChI is InChI=1S/C14H18Br2O2/c1-17-12-3-2-4-13(8-12)18-14-6-5-11(16)7-10(14)9-15/h5-7,12-13H,2-4,8-9H2,1H3. The van der Waals surface area contributed by atoms with E-state index in [0.29, 0.717) is 6.10 Å². The number of benzene rings is 1. The van der Waals surface area contributed by atoms with Gasteiger partial charge in [-0.25, -0.2) is 0 Å². The van der Waals surface area contributed by atoms with Crippen molar-refractivity contribution >= 4 is 31.9 Å². The smallest absolute Gasteiger partial charge is 0.123 e. The Balaban J connectivity index is 2.04. The van der Waals surface area contributed by atoms with E-state index in [4.69, 9.17) is 9.47 Å². The molecule has 1 aliphatic carbocycles. The monoisotopic (exact) mass is 376 g/mol. The molecular formula is C14H18Br2O2. The molecule has 1 aromatic carbocycles. The molecule has 0 saturated heterocycles. The fourth-order valence-electron chi connectivity index (χ4n) is 2.37. The van der Waals surface area contributed by atoms with Crippen LogP contribution in [0.3, 0.4) is 0 Å². The van der Waals surface area contributed by atoms with E-state index >= 15 is 0 Å². The molecule has 0 N–H and O–H groups in total. The van der Waals surface area contributed by atoms with Crippen LogP contribution in [-0.4, -0.2) is 19.3 Å². The Hall–Kier alpha value is -0.0600. The lowest BCUT2D eigenvalue weighted by atomic mass is 9.95. The summed E-state index contributed by atoms with van der Waals surface area (Å²) in [6.07, 6.45) is 5.09. The molecule has 2 rings (SSSR count). The maximum Gasteiger partial charge on any atom is 0.123 e. The molecule has 1 aliphatic rings. The van der Waals surface area contributed by atoms with Gasteiger partial charge in [0.05, 0.1) is 6.10 Å². The summed E-state index contributed by atoms with van der Waals surface area (Å²) in [5.74, 6) is 0.983. The first-order chi connectivity index (χ1) is 8.72. The van der Waals surface area contributed by atoms with Crippen LogP contribution in [0.15, 0.2) is 22.7 Å². The molecule has 0 amide bonds. The fourth-order valence-corrected chi connectivity index (χ4v) is 3.22. The van der Waals surface area contributed by atoms with E-state index in [1.807, 2.05) is 12.1 Å². The van der Waals surface area contributed by atoms with Gasteiger partial charge in [-0.05, 0) is 37.5 Å². The lowest BCUT2D eigenvalue weighted by Crippen LogP contribution is -2.29. The largest absolute Gasteiger partial charge is 0.490 e. The Morgan fingerprint density at radius 2 is 2.06 bits per heavy atom. The molecule has 1 saturated carbocycles. The van der Waals surface area contributed by atoms with Crippen LogP contribution in [0.2, 0.25) is 0 Å². The van der Waals surface area contributed by atoms with Gasteiger partial charge in [-0.3, -0.25) is 0 Å². The summed E-state index contributed by atoms with van der Waals surface area (Å²) in [5.41, 5.74) is 1.18. The van der Waals surface area contributed by atoms with E-state index in [9.17, 15) is 0 Å². The number of alkyl halides is 1. The maximum absolute atomic E-state index is 6.13. The van der Waals surface area contributed by atoms with Crippen LogP contribution in [0.4, 0.5) is 0 Å². The van der Waals surface area contributed by atoms with Crippen LogP contribution >= 0.6 is 31.9 Å². The summed E-state index contributed by atoms with van der Waals surface area (Å²) in [6.45, 7) is 0. The number of ether oxygens (including phenoxy) is 2. The van der Waals surface area contributed by atoms with Crippen molar-refractivity contribution in [3.05, 3.63) is 28.2 Å². The van der Waals surface area contributed by atoms with E-state index in [0.717, 1.165) is 34.8 Å². The average Bonchev–Trinajstić information content (AvgIpc) is 2.41. The molecule has 0 heterocycles. The third-order valence-electron chi connectivity index (χ3n) is 3.37. The minimum absolute atomic E-state index is 0.280. The minimum atomic E-state index is 0.280. The highest BCUT2D eigenvalue weighted by Crippen LogP contribution is 2.30. The third-order valence-corrected chi connectivity index (χ3v) is 4.47. The van der Waals surface area contributed by atoms with Gasteiger partial charge in [-0.15, -0.1) is 0 Å². The lowest BCUT2D eigenvalue weighted by Gasteiger charge is -2.29. The molecule has 1 fully saturated rings. The second kappa shape index (κ2) is 6.92. The third kappa shape index (κ3) is 3.72. The van der Waals surface area contributed by atoms with Gasteiger partial charge < -0.3 is 9.47 Å². The summed E-state index contributed by atoms with van der Waals surface area (Å²) in [4.78, 5) is 0. The predicted molar refractivity (Wildman–Crippen MR) is 80.5 cm³/mol. The maximum atomic E-state index is 6.13. The summed E-state index contributed by atoms with van der Waals surface area (Å²) >= 11 is 6.99. The van der Waals surface area contributed by atoms with Crippen molar-refractivity contribution in [3.63, 3.8) is 0 Å². The van der Waals surface area contributed by atoms with Crippen molar-refractivity contribution in [1.29, 1.82) is 0 Å². The van der Waals surface area contributed by atoms with Crippen molar-refractivity contribution in [1.82, 2.24) is 0 Å². The van der Waals surface area contributed by atoms with Crippen LogP contribution < -0.4 is 4.74 Å². The Morgan fingerprint density at radius 3 is 2.78 bits per heavy atom. The number of methoxy groups -OCH3 is 1. The first-order valence-electron chi connectivity index (χ1n) is 6.26. The van der Waals surface area contributed by atoms with Gasteiger partial charge in [0.15, 0.2) is 0 Å². The molecule has 0 aliphatic heterocycles. The molecule has 100 valence electrons. The zero-order chi connectivity index (χ0) is 13.0. The highest BCUT2D eigenvalue weighted by molar-refractivity contribution is 9.10. The second-order valence-corrected chi connectivity index (χ2v) is 6.13. The van der Waals surface area contributed by atoms with Crippen LogP contribution in [0.25, 0.3) is 0 Å². The van der Waals surface area contributed by atoms with Gasteiger partial charge in [-0.1, -0.05) is 31.9 Å². The molecule has 1 aromatic rings. The Labute approximate surface area is 125 Å². The van der Waals surface area contributed by atoms with Gasteiger partial charge in [0.1, 0.15) is 11.9 Å². The van der Waals surface area contributed by atoms with Crippen molar-refractivity contribution in [2.24, 2.45) is 0 Å². The Kier molecular flexibility index (Phi) is 5.52. The SMILES string of the molecule is COC1CCCC(Oc2ccc(Br)cc2CBr)C1. The van der Waals surface area contributed by atoms with Gasteiger partial charge in [0.25, 0.3) is 0 Å². The van der Waals surface area contributed by atoms with Crippen LogP contribution in [0.5, 0.6) is 5.75 Å². The van der Waals surface area contributed by atoms with Crippen molar-refractivity contribution < 1.29 is 9.47 Å². The number of hydrogen-bond acceptors (Lipinski definition) is 2. The van der Waals surface area contributed by atoms with E-state index in [1.165, 1.54) is 12.0 Å². The molecule has 2 nitrogen and oxygen atoms in total. The predicted octanol–water partition coefficient (Wildman–Crippen LogP) is 4.68. The molecule has 0 spiro atoms. The van der Waals surface area contributed by atoms with E-state index < -0.39 is 0 Å². The van der Waals surface area contributed by atoms with Gasteiger partial charge >= 0.3 is 0 Å². The van der Waals surface area contributed by atoms with Crippen molar-refractivity contribution in [3.8, 4) is 5.75 Å². The van der Waals surface area contributed by atoms with Crippen molar-refractivity contribution in [2.75, 3.05) is 7.11 Å². The molecule has 4 heteroatoms. The number of halogens is 2. The highest BCUT2D eigenvalue weighted by Gasteiger charge is 2.23. The molecular weight excluding hydrogens is 360 g/mol. The Bertz CT molecular complexity index is 395. The summed E-state index contributed by atoms with van der Waals surface area (Å²) in [5, 5.41) is 0.808. The first kappa shape index (κ1) is 14.4. The molecule has 0 bridgehead atoms. The number of rotatable bonds is 4. The van der Waals surface area contributed by atoms with Gasteiger partial charge in [-0.2, -0.15) is 0 Å². The number of hydrogen-bond donors (Lipinski definition) is 0. The molecule has 0 aromatic heterocycles. The van der Waals surface area contributed by atoms with Crippen LogP contribution in [-0.2, 0) is 10.1 Å². The Morgan fingerprint density at radius 1 is 1.28 bits per heavy atom. The molecule has 2 atom stereocenters. The summed E-state index contributed by atoms with van der Waals surface area (Å²) in [6, 6.07) is 6.16. The molecule has 18 heavy (non-hydrogen) atoms. The topological polar surface area (TPSA) is 18.5 Å². The van der Waals surface area contributed by atoms with Gasteiger partial charge in [0.2, 0.25) is 0 Å². The normalized spacial score (nSPS) is 23.9. The minimum Gasteiger partial charge on any atom is -0.490 e. The zero-order valence-corrected chi connectivity index (χ0v) is 13.7. The summed E-state index contributed by atoms with van der Waals surface area (Å²) in [7, 11) is 1.79. The van der Waals surface area contributed by atoms with E-state index in [1.54, 1.807) is 7.11 Å². The zero-order valence-electron chi connectivity index (χ0n) is 10.5. The molecule has 0 radical (unpaired) electrons. The second-order valence-electron chi connectivity index (χ2n) is 4.65. The van der Waals surface area contributed by atoms with Gasteiger partial charge in [0, 0.05) is 28.9 Å². The van der Waals surface area contributed by atoms with Crippen LogP contribution in [0, 0.1) is 0 Å². The highest BCUT2D eigenvalue weighted by atomic mass is 79.9. The lowest BCUT2D eigenvalue weighted by molar-refractivity contribution is 0.0207. The fraction of sp³-hybridized carbons (Fsp3) is 0.571. The molecule has 2 unspecified atom stereocenters. The average molecular weight is 378 g/mol. The van der Waals surface area contributed by atoms with E-state index in [-0.39, 0.29) is 6.10 Å². The van der Waals surface area contributed by atoms with Crippen molar-refractivity contribution in [2.45, 2.75) is 43.2 Å². The van der Waals surface area contributed by atoms with E-state index in [2.05, 4.69) is 37.9 Å². The first-order valence-corrected chi connectivity index (χ1v) is 8.18. The van der Waals surface area contributed by atoms with Crippen LogP contribution in [0.1, 0.15) is 31.2 Å².